The maximum Gasteiger partial charge on any atom is 0.341 e. The van der Waals surface area contributed by atoms with Gasteiger partial charge in [-0.25, -0.2) is 9.18 Å². The summed E-state index contributed by atoms with van der Waals surface area (Å²) in [7, 11) is 1.96. The van der Waals surface area contributed by atoms with Gasteiger partial charge < -0.3 is 20.0 Å². The molecule has 0 aliphatic heterocycles. The van der Waals surface area contributed by atoms with Gasteiger partial charge in [-0.15, -0.1) is 0 Å². The third-order valence-electron chi connectivity index (χ3n) is 6.58. The zero-order chi connectivity index (χ0) is 26.9. The Hall–Kier alpha value is -4.20. The zero-order valence-electron chi connectivity index (χ0n) is 21.6. The normalized spacial score (nSPS) is 13.6. The van der Waals surface area contributed by atoms with Gasteiger partial charge in [0.1, 0.15) is 5.82 Å². The van der Waals surface area contributed by atoms with E-state index in [9.17, 15) is 18.8 Å². The molecule has 1 fully saturated rings. The standard InChI is InChI=1S/C29H30FN3O4/c1-16-9-12-25(24(30)13-16)32-27-17(2)29(36)37-28(23(27)15-34)26(18(3)33(5)22-10-11-22)20-7-6-8-21(14-20)31-19(4)35/h6-9,12-15,22,32H,10-11H2,1-5H3,(H,31,35)/b26-18-. The molecule has 2 N–H and O–H groups in total. The minimum Gasteiger partial charge on any atom is -0.422 e. The summed E-state index contributed by atoms with van der Waals surface area (Å²) in [6, 6.07) is 12.1. The minimum atomic E-state index is -0.645. The third kappa shape index (κ3) is 5.48. The van der Waals surface area contributed by atoms with Crippen molar-refractivity contribution in [2.45, 2.75) is 46.6 Å². The molecule has 1 amide bonds. The van der Waals surface area contributed by atoms with Gasteiger partial charge in [-0.05, 0) is 69.0 Å². The van der Waals surface area contributed by atoms with Crippen LogP contribution in [0.5, 0.6) is 0 Å². The van der Waals surface area contributed by atoms with Crippen LogP contribution in [0.3, 0.4) is 0 Å². The molecule has 7 nitrogen and oxygen atoms in total. The summed E-state index contributed by atoms with van der Waals surface area (Å²) in [5.41, 5.74) is 3.22. The highest BCUT2D eigenvalue weighted by molar-refractivity contribution is 5.97. The molecular formula is C29H30FN3O4. The van der Waals surface area contributed by atoms with E-state index >= 15 is 0 Å². The lowest BCUT2D eigenvalue weighted by Gasteiger charge is -2.25. The van der Waals surface area contributed by atoms with E-state index in [1.54, 1.807) is 37.3 Å². The number of anilines is 3. The molecule has 4 rings (SSSR count). The molecule has 1 aliphatic rings. The Labute approximate surface area is 215 Å². The number of halogens is 1. The topological polar surface area (TPSA) is 91.7 Å². The maximum atomic E-state index is 14.7. The molecule has 1 heterocycles. The Morgan fingerprint density at radius 3 is 2.49 bits per heavy atom. The van der Waals surface area contributed by atoms with Crippen molar-refractivity contribution < 1.29 is 18.4 Å². The summed E-state index contributed by atoms with van der Waals surface area (Å²) >= 11 is 0. The summed E-state index contributed by atoms with van der Waals surface area (Å²) in [4.78, 5) is 39.3. The van der Waals surface area contributed by atoms with E-state index in [0.29, 0.717) is 29.2 Å². The van der Waals surface area contributed by atoms with E-state index in [-0.39, 0.29) is 34.2 Å². The smallest absolute Gasteiger partial charge is 0.341 e. The van der Waals surface area contributed by atoms with E-state index < -0.39 is 11.4 Å². The summed E-state index contributed by atoms with van der Waals surface area (Å²) in [5, 5.41) is 5.72. The van der Waals surface area contributed by atoms with E-state index in [1.165, 1.54) is 19.9 Å². The van der Waals surface area contributed by atoms with Gasteiger partial charge in [0.05, 0.1) is 22.5 Å². The van der Waals surface area contributed by atoms with Crippen LogP contribution in [0.2, 0.25) is 0 Å². The second-order valence-corrected chi connectivity index (χ2v) is 9.42. The van der Waals surface area contributed by atoms with Crippen molar-refractivity contribution in [2.24, 2.45) is 0 Å². The van der Waals surface area contributed by atoms with Crippen LogP contribution in [0, 0.1) is 19.7 Å². The SMILES string of the molecule is CC(=O)Nc1cccc(/C(=C(\C)N(C)C2CC2)c2oc(=O)c(C)c(Nc3ccc(C)cc3F)c2C=O)c1. The minimum absolute atomic E-state index is 0.0746. The van der Waals surface area contributed by atoms with Crippen LogP contribution in [-0.2, 0) is 4.79 Å². The molecule has 1 aliphatic carbocycles. The number of hydrogen-bond acceptors (Lipinski definition) is 6. The van der Waals surface area contributed by atoms with E-state index in [0.717, 1.165) is 24.1 Å². The van der Waals surface area contributed by atoms with Crippen LogP contribution in [0.15, 0.2) is 57.4 Å². The summed E-state index contributed by atoms with van der Waals surface area (Å²) < 4.78 is 20.5. The quantitative estimate of drug-likeness (QED) is 0.379. The van der Waals surface area contributed by atoms with Gasteiger partial charge in [0, 0.05) is 37.0 Å². The van der Waals surface area contributed by atoms with Crippen LogP contribution >= 0.6 is 0 Å². The van der Waals surface area contributed by atoms with Crippen molar-refractivity contribution in [3.8, 4) is 0 Å². The predicted octanol–water partition coefficient (Wildman–Crippen LogP) is 5.78. The molecule has 0 spiro atoms. The monoisotopic (exact) mass is 503 g/mol. The van der Waals surface area contributed by atoms with Crippen molar-refractivity contribution in [3.05, 3.63) is 92.4 Å². The van der Waals surface area contributed by atoms with Gasteiger partial charge >= 0.3 is 5.63 Å². The zero-order valence-corrected chi connectivity index (χ0v) is 21.6. The predicted molar refractivity (Wildman–Crippen MR) is 143 cm³/mol. The maximum absolute atomic E-state index is 14.7. The first kappa shape index (κ1) is 25.9. The first-order chi connectivity index (χ1) is 17.6. The van der Waals surface area contributed by atoms with Crippen LogP contribution in [0.1, 0.15) is 59.5 Å². The van der Waals surface area contributed by atoms with E-state index in [1.807, 2.05) is 20.0 Å². The average molecular weight is 504 g/mol. The van der Waals surface area contributed by atoms with E-state index in [2.05, 4.69) is 15.5 Å². The molecule has 0 unspecified atom stereocenters. The van der Waals surface area contributed by atoms with Crippen LogP contribution in [-0.4, -0.2) is 30.2 Å². The van der Waals surface area contributed by atoms with Crippen molar-refractivity contribution in [3.63, 3.8) is 0 Å². The fourth-order valence-electron chi connectivity index (χ4n) is 4.33. The second kappa shape index (κ2) is 10.4. The van der Waals surface area contributed by atoms with Crippen molar-refractivity contribution in [1.29, 1.82) is 0 Å². The van der Waals surface area contributed by atoms with Crippen molar-refractivity contribution in [1.82, 2.24) is 4.90 Å². The fraction of sp³-hybridized carbons (Fsp3) is 0.276. The second-order valence-electron chi connectivity index (χ2n) is 9.42. The van der Waals surface area contributed by atoms with Crippen LogP contribution < -0.4 is 16.3 Å². The number of hydrogen-bond donors (Lipinski definition) is 2. The molecule has 0 saturated heterocycles. The van der Waals surface area contributed by atoms with E-state index in [4.69, 9.17) is 4.42 Å². The fourth-order valence-corrected chi connectivity index (χ4v) is 4.33. The molecule has 8 heteroatoms. The number of aldehydes is 1. The van der Waals surface area contributed by atoms with Gasteiger partial charge in [-0.1, -0.05) is 18.2 Å². The Kier molecular flexibility index (Phi) is 7.29. The van der Waals surface area contributed by atoms with Crippen molar-refractivity contribution >= 4 is 34.8 Å². The molecular weight excluding hydrogens is 473 g/mol. The summed E-state index contributed by atoms with van der Waals surface area (Å²) in [6.07, 6.45) is 2.68. The highest BCUT2D eigenvalue weighted by Gasteiger charge is 2.30. The molecule has 2 aromatic carbocycles. The molecule has 37 heavy (non-hydrogen) atoms. The Morgan fingerprint density at radius 2 is 1.86 bits per heavy atom. The summed E-state index contributed by atoms with van der Waals surface area (Å²) in [5.74, 6) is -0.656. The Bertz CT molecular complexity index is 1470. The first-order valence-electron chi connectivity index (χ1n) is 12.1. The number of nitrogens with one attached hydrogen (secondary N) is 2. The summed E-state index contributed by atoms with van der Waals surface area (Å²) in [6.45, 7) is 6.62. The molecule has 192 valence electrons. The third-order valence-corrected chi connectivity index (χ3v) is 6.58. The first-order valence-corrected chi connectivity index (χ1v) is 12.1. The average Bonchev–Trinajstić information content (AvgIpc) is 3.69. The highest BCUT2D eigenvalue weighted by Crippen LogP contribution is 2.38. The number of rotatable bonds is 8. The number of aryl methyl sites for hydroxylation is 1. The Balaban J connectivity index is 1.96. The molecule has 0 radical (unpaired) electrons. The lowest BCUT2D eigenvalue weighted by molar-refractivity contribution is -0.114. The van der Waals surface area contributed by atoms with Gasteiger partial charge in [0.15, 0.2) is 12.0 Å². The molecule has 0 atom stereocenters. The van der Waals surface area contributed by atoms with Gasteiger partial charge in [-0.2, -0.15) is 0 Å². The number of carbonyl (C=O) groups is 2. The molecule has 3 aromatic rings. The van der Waals surface area contributed by atoms with Gasteiger partial charge in [0.2, 0.25) is 5.91 Å². The largest absolute Gasteiger partial charge is 0.422 e. The number of benzene rings is 2. The van der Waals surface area contributed by atoms with Crippen molar-refractivity contribution in [2.75, 3.05) is 17.7 Å². The molecule has 0 bridgehead atoms. The number of nitrogens with zero attached hydrogens (tertiary/aromatic N) is 1. The lowest BCUT2D eigenvalue weighted by atomic mass is 9.95. The molecule has 1 saturated carbocycles. The van der Waals surface area contributed by atoms with Gasteiger partial charge in [0.25, 0.3) is 0 Å². The highest BCUT2D eigenvalue weighted by atomic mass is 19.1. The lowest BCUT2D eigenvalue weighted by Crippen LogP contribution is -2.21. The number of allylic oxidation sites excluding steroid dienone is 1. The van der Waals surface area contributed by atoms with Crippen LogP contribution in [0.25, 0.3) is 5.57 Å². The van der Waals surface area contributed by atoms with Crippen LogP contribution in [0.4, 0.5) is 21.5 Å². The van der Waals surface area contributed by atoms with Gasteiger partial charge in [-0.3, -0.25) is 9.59 Å². The number of amides is 1. The Morgan fingerprint density at radius 1 is 1.14 bits per heavy atom. The number of carbonyl (C=O) groups excluding carboxylic acids is 2. The molecule has 1 aromatic heterocycles.